The van der Waals surface area contributed by atoms with Gasteiger partial charge in [0.2, 0.25) is 11.8 Å². The fourth-order valence-electron chi connectivity index (χ4n) is 13.0. The quantitative estimate of drug-likeness (QED) is 0.104. The number of benzene rings is 3. The zero-order chi connectivity index (χ0) is 49.3. The molecule has 4 atom stereocenters. The highest BCUT2D eigenvalue weighted by Gasteiger charge is 2.49. The fourth-order valence-corrected chi connectivity index (χ4v) is 13.0. The van der Waals surface area contributed by atoms with E-state index >= 15 is 8.78 Å². The van der Waals surface area contributed by atoms with Crippen molar-refractivity contribution < 1.29 is 33.3 Å². The lowest BCUT2D eigenvalue weighted by Crippen LogP contribution is -2.47. The van der Waals surface area contributed by atoms with E-state index in [2.05, 4.69) is 32.2 Å². The van der Waals surface area contributed by atoms with Crippen molar-refractivity contribution in [2.75, 3.05) is 50.8 Å². The number of piperidine rings is 3. The summed E-state index contributed by atoms with van der Waals surface area (Å²) in [6.45, 7) is 8.88. The number of hydrogen-bond donors (Lipinski definition) is 3. The standard InChI is InChI=1S/C54H63F2N9O6/c1-4-37-40(55)11-9-34-26-36(66)28-38(45(34)37)47-46(56)48-39(29-57-47)49(63-22-6-18-53(2,70)30-63)60-51(59-48)71-31-54-19-7-23-64(54)35(15-20-54)8-5-21-62-24-16-32(17-25-62)33-10-12-41-43(27-33)61(3)52(69)65(41)42-13-14-44(67)58-50(42)68/h9-12,26-29,32,35,42,66,70H,4-8,13-25,30-31H2,1-3H3,(H,58,67,68)/t35?,42?,53-,54?/m1/s1. The summed E-state index contributed by atoms with van der Waals surface area (Å²) in [6.07, 6.45) is 12.0. The van der Waals surface area contributed by atoms with Crippen LogP contribution in [0.1, 0.15) is 114 Å². The molecule has 5 fully saturated rings. The third-order valence-corrected chi connectivity index (χ3v) is 16.6. The molecule has 0 spiro atoms. The van der Waals surface area contributed by atoms with E-state index in [-0.39, 0.29) is 52.1 Å². The van der Waals surface area contributed by atoms with E-state index in [9.17, 15) is 24.6 Å². The Bertz CT molecular complexity index is 3150. The lowest BCUT2D eigenvalue weighted by molar-refractivity contribution is -0.135. The molecule has 0 bridgehead atoms. The first-order chi connectivity index (χ1) is 34.2. The number of hydrogen-bond acceptors (Lipinski definition) is 12. The van der Waals surface area contributed by atoms with Crippen LogP contribution in [0.4, 0.5) is 14.6 Å². The number of phenols is 1. The highest BCUT2D eigenvalue weighted by Crippen LogP contribution is 2.45. The third kappa shape index (κ3) is 8.60. The van der Waals surface area contributed by atoms with E-state index in [0.29, 0.717) is 90.4 Å². The second-order valence-corrected chi connectivity index (χ2v) is 21.2. The van der Waals surface area contributed by atoms with Crippen molar-refractivity contribution in [2.45, 2.75) is 126 Å². The zero-order valence-electron chi connectivity index (χ0n) is 40.9. The van der Waals surface area contributed by atoms with Crippen molar-refractivity contribution in [1.29, 1.82) is 0 Å². The number of anilines is 1. The molecule has 3 unspecified atom stereocenters. The second kappa shape index (κ2) is 18.5. The summed E-state index contributed by atoms with van der Waals surface area (Å²) in [7, 11) is 1.74. The Morgan fingerprint density at radius 3 is 2.54 bits per heavy atom. The molecule has 0 aliphatic carbocycles. The van der Waals surface area contributed by atoms with Gasteiger partial charge in [0.05, 0.1) is 27.6 Å². The molecule has 0 saturated carbocycles. The van der Waals surface area contributed by atoms with E-state index < -0.39 is 29.2 Å². The van der Waals surface area contributed by atoms with Crippen LogP contribution in [0.5, 0.6) is 11.8 Å². The van der Waals surface area contributed by atoms with Crippen molar-refractivity contribution in [2.24, 2.45) is 7.05 Å². The topological polar surface area (TPSA) is 171 Å². The number of pyridine rings is 1. The van der Waals surface area contributed by atoms with Crippen LogP contribution in [0.3, 0.4) is 0 Å². The summed E-state index contributed by atoms with van der Waals surface area (Å²) in [4.78, 5) is 59.3. The van der Waals surface area contributed by atoms with Gasteiger partial charge in [-0.1, -0.05) is 19.1 Å². The number of aliphatic hydroxyl groups is 1. The Morgan fingerprint density at radius 1 is 0.930 bits per heavy atom. The van der Waals surface area contributed by atoms with Crippen LogP contribution >= 0.6 is 0 Å². The highest BCUT2D eigenvalue weighted by molar-refractivity contribution is 6.02. The number of fused-ring (bicyclic) bond motifs is 4. The Kier molecular flexibility index (Phi) is 12.3. The van der Waals surface area contributed by atoms with Gasteiger partial charge >= 0.3 is 11.7 Å². The fraction of sp³-hybridized carbons (Fsp3) is 0.519. The monoisotopic (exact) mass is 971 g/mol. The van der Waals surface area contributed by atoms with Gasteiger partial charge in [-0.15, -0.1) is 0 Å². The minimum Gasteiger partial charge on any atom is -0.508 e. The predicted octanol–water partition coefficient (Wildman–Crippen LogP) is 7.41. The van der Waals surface area contributed by atoms with Crippen LogP contribution in [0.2, 0.25) is 0 Å². The molecular formula is C54H63F2N9O6. The van der Waals surface area contributed by atoms with Crippen LogP contribution in [-0.2, 0) is 23.1 Å². The van der Waals surface area contributed by atoms with Gasteiger partial charge in [-0.3, -0.25) is 33.9 Å². The average Bonchev–Trinajstić information content (AvgIpc) is 4.00. The molecule has 17 heteroatoms. The average molecular weight is 972 g/mol. The van der Waals surface area contributed by atoms with E-state index in [0.717, 1.165) is 83.1 Å². The molecule has 15 nitrogen and oxygen atoms in total. The van der Waals surface area contributed by atoms with Gasteiger partial charge in [0.1, 0.15) is 41.2 Å². The lowest BCUT2D eigenvalue weighted by Gasteiger charge is -2.38. The maximum Gasteiger partial charge on any atom is 0.329 e. The number of β-amino-alcohol motifs (C(OH)–C–C–N with tert-alkyl or cyclic N) is 1. The van der Waals surface area contributed by atoms with Gasteiger partial charge < -0.3 is 24.7 Å². The first kappa shape index (κ1) is 47.3. The zero-order valence-corrected chi connectivity index (χ0v) is 40.9. The Hall–Kier alpha value is -6.04. The first-order valence-corrected chi connectivity index (χ1v) is 25.7. The number of halogens is 2. The number of imide groups is 1. The number of carbonyl (C=O) groups is 2. The normalized spacial score (nSPS) is 24.7. The lowest BCUT2D eigenvalue weighted by atomic mass is 9.89. The van der Waals surface area contributed by atoms with Gasteiger partial charge in [0.25, 0.3) is 0 Å². The number of nitrogens with one attached hydrogen (secondary N) is 1. The molecular weight excluding hydrogens is 909 g/mol. The molecule has 11 rings (SSSR count). The molecule has 0 radical (unpaired) electrons. The van der Waals surface area contributed by atoms with E-state index in [1.54, 1.807) is 30.7 Å². The van der Waals surface area contributed by atoms with Crippen molar-refractivity contribution in [3.8, 4) is 23.0 Å². The number of nitrogens with zero attached hydrogens (tertiary/aromatic N) is 8. The van der Waals surface area contributed by atoms with Crippen LogP contribution < -0.4 is 20.6 Å². The van der Waals surface area contributed by atoms with Gasteiger partial charge in [-0.2, -0.15) is 9.97 Å². The van der Waals surface area contributed by atoms with Crippen LogP contribution in [-0.4, -0.2) is 119 Å². The van der Waals surface area contributed by atoms with Crippen molar-refractivity contribution >= 4 is 50.3 Å². The number of aryl methyl sites for hydroxylation is 2. The minimum atomic E-state index is -0.974. The molecule has 2 amide bonds. The molecule has 8 heterocycles. The maximum atomic E-state index is 17.2. The van der Waals surface area contributed by atoms with E-state index in [1.165, 1.54) is 28.5 Å². The number of aromatic hydroxyl groups is 1. The Morgan fingerprint density at radius 2 is 1.75 bits per heavy atom. The van der Waals surface area contributed by atoms with E-state index in [4.69, 9.17) is 14.7 Å². The summed E-state index contributed by atoms with van der Waals surface area (Å²) in [5, 5.41) is 25.7. The van der Waals surface area contributed by atoms with Crippen molar-refractivity contribution in [3.63, 3.8) is 0 Å². The number of phenolic OH excluding ortho intramolecular Hbond substituents is 1. The number of carbonyl (C=O) groups excluding carboxylic acids is 2. The van der Waals surface area contributed by atoms with Crippen LogP contribution in [0.25, 0.3) is 44.0 Å². The minimum absolute atomic E-state index is 0.00927. The first-order valence-electron chi connectivity index (χ1n) is 25.7. The third-order valence-electron chi connectivity index (χ3n) is 16.6. The molecule has 3 aromatic carbocycles. The van der Waals surface area contributed by atoms with Crippen LogP contribution in [0, 0.1) is 11.6 Å². The summed E-state index contributed by atoms with van der Waals surface area (Å²) >= 11 is 0. The number of rotatable bonds is 12. The number of ether oxygens (including phenoxy) is 1. The molecule has 374 valence electrons. The van der Waals surface area contributed by atoms with E-state index in [1.807, 2.05) is 17.9 Å². The van der Waals surface area contributed by atoms with Crippen LogP contribution in [0.15, 0.2) is 53.5 Å². The van der Waals surface area contributed by atoms with Gasteiger partial charge in [-0.25, -0.2) is 13.6 Å². The van der Waals surface area contributed by atoms with Crippen molar-refractivity contribution in [3.05, 3.63) is 81.9 Å². The number of imidazole rings is 1. The molecule has 5 aliphatic rings. The number of amides is 2. The molecule has 71 heavy (non-hydrogen) atoms. The van der Waals surface area contributed by atoms with Crippen molar-refractivity contribution in [1.82, 2.24) is 39.2 Å². The predicted molar refractivity (Wildman–Crippen MR) is 267 cm³/mol. The molecule has 6 aromatic rings. The van der Waals surface area contributed by atoms with Gasteiger partial charge in [0.15, 0.2) is 5.82 Å². The summed E-state index contributed by atoms with van der Waals surface area (Å²) in [5.41, 5.74) is 1.92. The molecule has 3 N–H and O–H groups in total. The smallest absolute Gasteiger partial charge is 0.329 e. The second-order valence-electron chi connectivity index (χ2n) is 21.2. The SMILES string of the molecule is CCc1c(F)ccc2cc(O)cc(-c3ncc4c(N5CCC[C@@](C)(O)C5)nc(OCC56CCCN5C(CCCN5CCC(c7ccc8c(c7)n(C)c(=O)n8C7CCC(=O)NC7=O)CC5)CC6)nc4c3F)c12. The summed E-state index contributed by atoms with van der Waals surface area (Å²) in [5.74, 6) is -1.15. The largest absolute Gasteiger partial charge is 0.508 e. The number of aromatic nitrogens is 5. The Balaban J connectivity index is 0.768. The van der Waals surface area contributed by atoms with Gasteiger partial charge in [-0.05, 0) is 168 Å². The molecule has 3 aromatic heterocycles. The molecule has 5 saturated heterocycles. The summed E-state index contributed by atoms with van der Waals surface area (Å²) in [6, 6.07) is 11.8. The Labute approximate surface area is 410 Å². The molecule has 5 aliphatic heterocycles. The maximum absolute atomic E-state index is 17.2. The summed E-state index contributed by atoms with van der Waals surface area (Å²) < 4.78 is 42.2. The van der Waals surface area contributed by atoms with Gasteiger partial charge in [0, 0.05) is 44.4 Å². The number of likely N-dealkylation sites (tertiary alicyclic amines) is 1. The highest BCUT2D eigenvalue weighted by atomic mass is 19.1.